The molecular weight excluding hydrogens is 462 g/mol. The number of barbiturate groups is 1. The molecule has 4 amide bonds. The lowest BCUT2D eigenvalue weighted by molar-refractivity contribution is -0.122. The summed E-state index contributed by atoms with van der Waals surface area (Å²) in [6, 6.07) is 23.0. The van der Waals surface area contributed by atoms with Crippen LogP contribution in [0.15, 0.2) is 78.4 Å². The van der Waals surface area contributed by atoms with Crippen molar-refractivity contribution >= 4 is 40.4 Å². The highest BCUT2D eigenvalue weighted by molar-refractivity contribution is 6.39. The van der Waals surface area contributed by atoms with Gasteiger partial charge in [-0.2, -0.15) is 0 Å². The van der Waals surface area contributed by atoms with Crippen LogP contribution >= 0.6 is 0 Å². The van der Waals surface area contributed by atoms with Crippen LogP contribution in [0.25, 0.3) is 22.5 Å². The maximum atomic E-state index is 13.4. The summed E-state index contributed by atoms with van der Waals surface area (Å²) in [5, 5.41) is 4.60. The topological polar surface area (TPSA) is 71.4 Å². The minimum absolute atomic E-state index is 0.0793. The third-order valence-electron chi connectivity index (χ3n) is 7.20. The summed E-state index contributed by atoms with van der Waals surface area (Å²) >= 11 is 0. The first kappa shape index (κ1) is 24.3. The molecule has 37 heavy (non-hydrogen) atoms. The van der Waals surface area contributed by atoms with Crippen molar-refractivity contribution in [3.8, 4) is 5.69 Å². The average molecular weight is 492 g/mol. The Labute approximate surface area is 216 Å². The van der Waals surface area contributed by atoms with Gasteiger partial charge in [0, 0.05) is 17.1 Å². The highest BCUT2D eigenvalue weighted by Gasteiger charge is 2.37. The fourth-order valence-corrected chi connectivity index (χ4v) is 4.88. The number of hydrogen-bond donors (Lipinski definition) is 1. The number of fused-ring (bicyclic) bond motifs is 1. The number of rotatable bonds is 5. The molecule has 0 unspecified atom stereocenters. The van der Waals surface area contributed by atoms with Gasteiger partial charge in [-0.3, -0.25) is 14.9 Å². The van der Waals surface area contributed by atoms with E-state index in [9.17, 15) is 14.4 Å². The quantitative estimate of drug-likeness (QED) is 0.258. The lowest BCUT2D eigenvalue weighted by atomic mass is 9.98. The summed E-state index contributed by atoms with van der Waals surface area (Å²) < 4.78 is 2.10. The zero-order valence-electron chi connectivity index (χ0n) is 21.4. The molecule has 186 valence electrons. The van der Waals surface area contributed by atoms with E-state index in [1.165, 1.54) is 0 Å². The van der Waals surface area contributed by atoms with Gasteiger partial charge in [0.05, 0.1) is 5.69 Å². The molecule has 0 spiro atoms. The molecular formula is C31H29N3O3. The molecule has 5 rings (SSSR count). The van der Waals surface area contributed by atoms with Gasteiger partial charge in [-0.1, -0.05) is 56.3 Å². The van der Waals surface area contributed by atoms with E-state index in [-0.39, 0.29) is 5.57 Å². The zero-order chi connectivity index (χ0) is 26.3. The van der Waals surface area contributed by atoms with Gasteiger partial charge in [0.25, 0.3) is 11.8 Å². The summed E-state index contributed by atoms with van der Waals surface area (Å²) in [5.41, 5.74) is 5.07. The van der Waals surface area contributed by atoms with E-state index in [1.807, 2.05) is 44.2 Å². The monoisotopic (exact) mass is 491 g/mol. The van der Waals surface area contributed by atoms with Gasteiger partial charge >= 0.3 is 6.03 Å². The number of nitrogens with zero attached hydrogens (tertiary/aromatic N) is 2. The molecule has 1 fully saturated rings. The molecule has 0 radical (unpaired) electrons. The fraction of sp³-hybridized carbons (Fsp3) is 0.194. The third-order valence-corrected chi connectivity index (χ3v) is 7.20. The summed E-state index contributed by atoms with van der Waals surface area (Å²) in [6.07, 6.45) is 2.56. The Balaban J connectivity index is 1.51. The van der Waals surface area contributed by atoms with E-state index in [2.05, 4.69) is 54.1 Å². The molecule has 1 aliphatic heterocycles. The van der Waals surface area contributed by atoms with Crippen LogP contribution in [0.1, 0.15) is 48.7 Å². The Morgan fingerprint density at radius 3 is 2.24 bits per heavy atom. The van der Waals surface area contributed by atoms with Gasteiger partial charge in [-0.15, -0.1) is 0 Å². The first-order valence-electron chi connectivity index (χ1n) is 12.5. The van der Waals surface area contributed by atoms with Gasteiger partial charge in [-0.25, -0.2) is 9.69 Å². The minimum Gasteiger partial charge on any atom is -0.318 e. The molecule has 2 heterocycles. The van der Waals surface area contributed by atoms with Gasteiger partial charge in [0.15, 0.2) is 0 Å². The maximum absolute atomic E-state index is 13.4. The summed E-state index contributed by atoms with van der Waals surface area (Å²) in [4.78, 5) is 39.8. The molecule has 6 heteroatoms. The van der Waals surface area contributed by atoms with E-state index in [1.54, 1.807) is 18.2 Å². The Morgan fingerprint density at radius 1 is 0.865 bits per heavy atom. The number of anilines is 1. The van der Waals surface area contributed by atoms with Crippen molar-refractivity contribution in [2.45, 2.75) is 40.0 Å². The van der Waals surface area contributed by atoms with E-state index >= 15 is 0 Å². The smallest absolute Gasteiger partial charge is 0.318 e. The molecule has 1 aromatic heterocycles. The largest absolute Gasteiger partial charge is 0.335 e. The normalized spacial score (nSPS) is 15.9. The van der Waals surface area contributed by atoms with Crippen LogP contribution in [0, 0.1) is 13.8 Å². The number of benzene rings is 3. The van der Waals surface area contributed by atoms with Crippen molar-refractivity contribution in [3.05, 3.63) is 101 Å². The maximum Gasteiger partial charge on any atom is 0.335 e. The Morgan fingerprint density at radius 2 is 1.54 bits per heavy atom. The predicted molar refractivity (Wildman–Crippen MR) is 147 cm³/mol. The number of imide groups is 2. The van der Waals surface area contributed by atoms with Gasteiger partial charge in [-0.05, 0) is 84.5 Å². The second kappa shape index (κ2) is 9.54. The van der Waals surface area contributed by atoms with E-state index in [4.69, 9.17) is 0 Å². The molecule has 0 aliphatic carbocycles. The first-order valence-corrected chi connectivity index (χ1v) is 12.5. The fourth-order valence-electron chi connectivity index (χ4n) is 4.88. The Hall–Kier alpha value is -4.45. The number of aromatic nitrogens is 1. The second-order valence-corrected chi connectivity index (χ2v) is 9.55. The molecule has 6 nitrogen and oxygen atoms in total. The van der Waals surface area contributed by atoms with E-state index in [0.717, 1.165) is 50.3 Å². The van der Waals surface area contributed by atoms with Crippen molar-refractivity contribution in [2.24, 2.45) is 0 Å². The summed E-state index contributed by atoms with van der Waals surface area (Å²) in [7, 11) is 0. The van der Waals surface area contributed by atoms with Crippen molar-refractivity contribution in [1.82, 2.24) is 9.88 Å². The SMILES string of the molecule is CC[C@@H](C)c1ccc(N2C(=O)NC(=O)/C(=C/c3cc(C)n(-c4ccc5ccccc5c4)c3C)C2=O)cc1. The Kier molecular flexibility index (Phi) is 6.25. The summed E-state index contributed by atoms with van der Waals surface area (Å²) in [5.74, 6) is -0.964. The standard InChI is InChI=1S/C31H29N3O3/c1-5-19(2)22-10-13-26(14-11-22)34-30(36)28(29(35)32-31(34)37)18-25-16-20(3)33(21(25)4)27-15-12-23-8-6-7-9-24(23)17-27/h6-19H,5H2,1-4H3,(H,32,35,37)/b28-18-/t19-/m1/s1. The molecule has 0 saturated carbocycles. The van der Waals surface area contributed by atoms with Crippen LogP contribution in [-0.2, 0) is 9.59 Å². The number of amides is 4. The molecule has 4 aromatic rings. The van der Waals surface area contributed by atoms with Crippen molar-refractivity contribution in [2.75, 3.05) is 4.90 Å². The number of nitrogens with one attached hydrogen (secondary N) is 1. The van der Waals surface area contributed by atoms with Crippen LogP contribution in [-0.4, -0.2) is 22.4 Å². The number of carbonyl (C=O) groups is 3. The van der Waals surface area contributed by atoms with Gasteiger partial charge in [0.2, 0.25) is 0 Å². The lowest BCUT2D eigenvalue weighted by Crippen LogP contribution is -2.54. The molecule has 1 atom stereocenters. The number of aryl methyl sites for hydroxylation is 1. The lowest BCUT2D eigenvalue weighted by Gasteiger charge is -2.26. The number of urea groups is 1. The molecule has 3 aromatic carbocycles. The molecule has 1 N–H and O–H groups in total. The third kappa shape index (κ3) is 4.35. The van der Waals surface area contributed by atoms with E-state index < -0.39 is 17.8 Å². The minimum atomic E-state index is -0.745. The van der Waals surface area contributed by atoms with Gasteiger partial charge < -0.3 is 4.57 Å². The van der Waals surface area contributed by atoms with Crippen molar-refractivity contribution in [3.63, 3.8) is 0 Å². The highest BCUT2D eigenvalue weighted by atomic mass is 16.2. The highest BCUT2D eigenvalue weighted by Crippen LogP contribution is 2.28. The van der Waals surface area contributed by atoms with Crippen LogP contribution in [0.2, 0.25) is 0 Å². The van der Waals surface area contributed by atoms with Crippen LogP contribution in [0.5, 0.6) is 0 Å². The molecule has 1 aliphatic rings. The second-order valence-electron chi connectivity index (χ2n) is 9.55. The Bertz CT molecular complexity index is 1580. The zero-order valence-corrected chi connectivity index (χ0v) is 21.4. The van der Waals surface area contributed by atoms with Crippen LogP contribution in [0.3, 0.4) is 0 Å². The van der Waals surface area contributed by atoms with E-state index in [0.29, 0.717) is 11.6 Å². The first-order chi connectivity index (χ1) is 17.8. The van der Waals surface area contributed by atoms with Crippen LogP contribution < -0.4 is 10.2 Å². The van der Waals surface area contributed by atoms with Gasteiger partial charge in [0.1, 0.15) is 5.57 Å². The van der Waals surface area contributed by atoms with Crippen molar-refractivity contribution in [1.29, 1.82) is 0 Å². The summed E-state index contributed by atoms with van der Waals surface area (Å²) in [6.45, 7) is 8.18. The number of carbonyl (C=O) groups excluding carboxylic acids is 3. The van der Waals surface area contributed by atoms with Crippen molar-refractivity contribution < 1.29 is 14.4 Å². The molecule has 1 saturated heterocycles. The average Bonchev–Trinajstić information content (AvgIpc) is 3.18. The molecule has 0 bridgehead atoms. The van der Waals surface area contributed by atoms with Crippen LogP contribution in [0.4, 0.5) is 10.5 Å². The number of hydrogen-bond acceptors (Lipinski definition) is 3. The predicted octanol–water partition coefficient (Wildman–Crippen LogP) is 6.43.